The van der Waals surface area contributed by atoms with E-state index >= 15 is 0 Å². The van der Waals surface area contributed by atoms with E-state index in [1.807, 2.05) is 46.0 Å². The van der Waals surface area contributed by atoms with Gasteiger partial charge >= 0.3 is 0 Å². The minimum absolute atomic E-state index is 0.437. The highest BCUT2D eigenvalue weighted by Crippen LogP contribution is 2.25. The zero-order valence-corrected chi connectivity index (χ0v) is 14.6. The fraction of sp³-hybridized carbons (Fsp3) is 0.333. The third kappa shape index (κ3) is 2.68. The van der Waals surface area contributed by atoms with Crippen molar-refractivity contribution < 1.29 is 0 Å². The Morgan fingerprint density at radius 2 is 1.96 bits per heavy atom. The minimum Gasteiger partial charge on any atom is -0.350 e. The van der Waals surface area contributed by atoms with Gasteiger partial charge < -0.3 is 10.2 Å². The van der Waals surface area contributed by atoms with Crippen molar-refractivity contribution in [3.05, 3.63) is 43.2 Å². The maximum Gasteiger partial charge on any atom is 0.241 e. The lowest BCUT2D eigenvalue weighted by atomic mass is 10.1. The molecule has 1 fully saturated rings. The zero-order valence-electron chi connectivity index (χ0n) is 14.6. The van der Waals surface area contributed by atoms with E-state index in [-0.39, 0.29) is 0 Å². The van der Waals surface area contributed by atoms with Crippen LogP contribution in [0.15, 0.2) is 43.2 Å². The Balaban J connectivity index is 1.44. The highest BCUT2D eigenvalue weighted by molar-refractivity contribution is 5.79. The summed E-state index contributed by atoms with van der Waals surface area (Å²) in [6.45, 7) is 2.22. The summed E-state index contributed by atoms with van der Waals surface area (Å²) in [6.07, 6.45) is 13.6. The van der Waals surface area contributed by atoms with Crippen LogP contribution in [0, 0.1) is 0 Å². The normalized spacial score (nSPS) is 16.5. The molecule has 5 heterocycles. The number of hydrogen-bond donors (Lipinski definition) is 1. The molecule has 1 N–H and O–H groups in total. The van der Waals surface area contributed by atoms with Gasteiger partial charge in [0.05, 0.1) is 11.7 Å². The van der Waals surface area contributed by atoms with Crippen LogP contribution in [0.1, 0.15) is 12.8 Å². The van der Waals surface area contributed by atoms with Crippen molar-refractivity contribution in [2.75, 3.05) is 25.5 Å². The van der Waals surface area contributed by atoms with E-state index in [0.29, 0.717) is 17.8 Å². The van der Waals surface area contributed by atoms with Crippen molar-refractivity contribution in [1.29, 1.82) is 0 Å². The van der Waals surface area contributed by atoms with Crippen LogP contribution in [0.3, 0.4) is 0 Å². The molecule has 0 unspecified atom stereocenters. The van der Waals surface area contributed by atoms with Gasteiger partial charge in [0.2, 0.25) is 11.7 Å². The van der Waals surface area contributed by atoms with E-state index in [4.69, 9.17) is 0 Å². The molecule has 5 rings (SSSR count). The molecule has 4 aromatic heterocycles. The van der Waals surface area contributed by atoms with Gasteiger partial charge in [0, 0.05) is 48.2 Å². The molecule has 8 heteroatoms. The molecule has 1 aliphatic heterocycles. The molecule has 1 aliphatic rings. The van der Waals surface area contributed by atoms with Gasteiger partial charge in [-0.2, -0.15) is 0 Å². The molecule has 0 bridgehead atoms. The van der Waals surface area contributed by atoms with Gasteiger partial charge in [-0.3, -0.25) is 4.40 Å². The Morgan fingerprint density at radius 1 is 1.08 bits per heavy atom. The third-order valence-corrected chi connectivity index (χ3v) is 5.03. The molecule has 0 atom stereocenters. The van der Waals surface area contributed by atoms with E-state index in [0.717, 1.165) is 42.6 Å². The zero-order chi connectivity index (χ0) is 17.5. The summed E-state index contributed by atoms with van der Waals surface area (Å²) in [6, 6.07) is 2.48. The number of likely N-dealkylation sites (tertiary alicyclic amines) is 1. The number of anilines is 1. The van der Waals surface area contributed by atoms with E-state index in [1.165, 1.54) is 0 Å². The van der Waals surface area contributed by atoms with Gasteiger partial charge in [-0.15, -0.1) is 5.10 Å². The van der Waals surface area contributed by atoms with Crippen molar-refractivity contribution in [2.45, 2.75) is 18.9 Å². The predicted molar refractivity (Wildman–Crippen MR) is 99.1 cm³/mol. The molecule has 0 saturated carbocycles. The first-order chi connectivity index (χ1) is 12.8. The van der Waals surface area contributed by atoms with Crippen LogP contribution >= 0.6 is 0 Å². The summed E-state index contributed by atoms with van der Waals surface area (Å²) in [5.74, 6) is 1.37. The Kier molecular flexibility index (Phi) is 3.56. The van der Waals surface area contributed by atoms with E-state index in [1.54, 1.807) is 6.20 Å². The largest absolute Gasteiger partial charge is 0.350 e. The average molecular weight is 348 g/mol. The van der Waals surface area contributed by atoms with Crippen LogP contribution in [0.25, 0.3) is 22.4 Å². The number of fused-ring (bicyclic) bond motifs is 2. The van der Waals surface area contributed by atoms with Crippen molar-refractivity contribution in [3.63, 3.8) is 0 Å². The molecule has 8 nitrogen and oxygen atoms in total. The number of rotatable bonds is 3. The number of piperidine rings is 1. The molecule has 1 saturated heterocycles. The van der Waals surface area contributed by atoms with Crippen LogP contribution < -0.4 is 5.32 Å². The van der Waals surface area contributed by atoms with Crippen molar-refractivity contribution >= 4 is 17.2 Å². The Morgan fingerprint density at radius 3 is 2.85 bits per heavy atom. The van der Waals surface area contributed by atoms with Gasteiger partial charge in [0.1, 0.15) is 0 Å². The molecule has 0 aliphatic carbocycles. The molecular weight excluding hydrogens is 328 g/mol. The van der Waals surface area contributed by atoms with Crippen LogP contribution in [0.2, 0.25) is 0 Å². The summed E-state index contributed by atoms with van der Waals surface area (Å²) in [4.78, 5) is 15.5. The molecular formula is C18H20N8. The second-order valence-corrected chi connectivity index (χ2v) is 6.84. The quantitative estimate of drug-likeness (QED) is 0.610. The van der Waals surface area contributed by atoms with Crippen molar-refractivity contribution in [3.8, 4) is 11.1 Å². The first-order valence-corrected chi connectivity index (χ1v) is 8.85. The second-order valence-electron chi connectivity index (χ2n) is 6.84. The van der Waals surface area contributed by atoms with Crippen LogP contribution in [0.4, 0.5) is 5.95 Å². The standard InChI is InChI=1S/C18H20N8/c1-24-6-2-14(3-7-24)22-17-20-11-16-15(4-8-26(16)23-17)13-10-21-18-19-5-9-25(18)12-13/h4-5,8-12,14H,2-3,6-7H2,1H3,(H,22,23). The van der Waals surface area contributed by atoms with Gasteiger partial charge in [-0.1, -0.05) is 0 Å². The van der Waals surface area contributed by atoms with Crippen molar-refractivity contribution in [2.24, 2.45) is 0 Å². The molecule has 0 spiro atoms. The van der Waals surface area contributed by atoms with Crippen LogP contribution in [-0.4, -0.2) is 60.0 Å². The van der Waals surface area contributed by atoms with E-state index in [2.05, 4.69) is 37.3 Å². The molecule has 4 aromatic rings. The number of aromatic nitrogens is 6. The highest BCUT2D eigenvalue weighted by atomic mass is 15.3. The van der Waals surface area contributed by atoms with Gasteiger partial charge in [-0.05, 0) is 39.0 Å². The van der Waals surface area contributed by atoms with Crippen LogP contribution in [0.5, 0.6) is 0 Å². The Hall–Kier alpha value is -3.00. The average Bonchev–Trinajstić information content (AvgIpc) is 3.29. The maximum absolute atomic E-state index is 4.63. The van der Waals surface area contributed by atoms with Gasteiger partial charge in [0.15, 0.2) is 0 Å². The minimum atomic E-state index is 0.437. The summed E-state index contributed by atoms with van der Waals surface area (Å²) in [5, 5.41) is 8.10. The topological polar surface area (TPSA) is 75.6 Å². The number of nitrogens with one attached hydrogen (secondary N) is 1. The highest BCUT2D eigenvalue weighted by Gasteiger charge is 2.17. The molecule has 0 radical (unpaired) electrons. The lowest BCUT2D eigenvalue weighted by Crippen LogP contribution is -2.37. The SMILES string of the molecule is CN1CCC(Nc2ncc3c(-c4cnc5nccn5c4)ccn3n2)CC1. The third-order valence-electron chi connectivity index (χ3n) is 5.03. The fourth-order valence-electron chi connectivity index (χ4n) is 3.50. The number of nitrogens with zero attached hydrogens (tertiary/aromatic N) is 7. The first kappa shape index (κ1) is 15.3. The Labute approximate surface area is 150 Å². The molecule has 26 heavy (non-hydrogen) atoms. The van der Waals surface area contributed by atoms with Crippen molar-refractivity contribution in [1.82, 2.24) is 33.9 Å². The van der Waals surface area contributed by atoms with E-state index < -0.39 is 0 Å². The maximum atomic E-state index is 4.63. The molecule has 0 amide bonds. The molecule has 132 valence electrons. The Bertz CT molecular complexity index is 1060. The fourth-order valence-corrected chi connectivity index (χ4v) is 3.50. The summed E-state index contributed by atoms with van der Waals surface area (Å²) < 4.78 is 3.79. The summed E-state index contributed by atoms with van der Waals surface area (Å²) >= 11 is 0. The summed E-state index contributed by atoms with van der Waals surface area (Å²) in [7, 11) is 2.16. The number of imidazole rings is 1. The lowest BCUT2D eigenvalue weighted by molar-refractivity contribution is 0.263. The van der Waals surface area contributed by atoms with Crippen LogP contribution in [-0.2, 0) is 0 Å². The predicted octanol–water partition coefficient (Wildman–Crippen LogP) is 1.95. The van der Waals surface area contributed by atoms with Gasteiger partial charge in [-0.25, -0.2) is 19.5 Å². The monoisotopic (exact) mass is 348 g/mol. The van der Waals surface area contributed by atoms with E-state index in [9.17, 15) is 0 Å². The number of hydrogen-bond acceptors (Lipinski definition) is 6. The lowest BCUT2D eigenvalue weighted by Gasteiger charge is -2.29. The first-order valence-electron chi connectivity index (χ1n) is 8.85. The summed E-state index contributed by atoms with van der Waals surface area (Å²) in [5.41, 5.74) is 3.02. The smallest absolute Gasteiger partial charge is 0.241 e. The van der Waals surface area contributed by atoms with Gasteiger partial charge in [0.25, 0.3) is 0 Å². The second kappa shape index (κ2) is 6.06. The molecule has 0 aromatic carbocycles.